The number of hydrogen-bond donors (Lipinski definition) is 1. The lowest BCUT2D eigenvalue weighted by molar-refractivity contribution is 0.320. The second-order valence-corrected chi connectivity index (χ2v) is 5.63. The van der Waals surface area contributed by atoms with Crippen molar-refractivity contribution in [3.05, 3.63) is 21.3 Å². The number of nitrogens with two attached hydrogens (primary N) is 1. The zero-order valence-electron chi connectivity index (χ0n) is 8.89. The van der Waals surface area contributed by atoms with Crippen molar-refractivity contribution in [1.29, 1.82) is 0 Å². The third-order valence-corrected chi connectivity index (χ3v) is 3.93. The molecule has 1 aliphatic heterocycles. The van der Waals surface area contributed by atoms with Gasteiger partial charge in [-0.1, -0.05) is 11.6 Å². The van der Waals surface area contributed by atoms with Crippen LogP contribution >= 0.6 is 47.8 Å². The summed E-state index contributed by atoms with van der Waals surface area (Å²) in [6.07, 6.45) is 1.25. The summed E-state index contributed by atoms with van der Waals surface area (Å²) in [6.45, 7) is 4.18. The van der Waals surface area contributed by atoms with E-state index in [0.29, 0.717) is 5.92 Å². The summed E-state index contributed by atoms with van der Waals surface area (Å²) in [5, 5.41) is 0. The van der Waals surface area contributed by atoms with Crippen molar-refractivity contribution in [2.45, 2.75) is 13.0 Å². The van der Waals surface area contributed by atoms with Crippen LogP contribution in [0.15, 0.2) is 12.1 Å². The molecule has 0 aliphatic carbocycles. The van der Waals surface area contributed by atoms with Crippen LogP contribution in [0.2, 0.25) is 4.34 Å². The Balaban J connectivity index is 0.00000112. The van der Waals surface area contributed by atoms with Crippen LogP contribution in [0.25, 0.3) is 0 Å². The number of nitrogens with zero attached hydrogens (tertiary/aromatic N) is 1. The van der Waals surface area contributed by atoms with E-state index in [9.17, 15) is 0 Å². The van der Waals surface area contributed by atoms with Crippen molar-refractivity contribution < 1.29 is 0 Å². The average Bonchev–Trinajstić information content (AvgIpc) is 2.76. The third kappa shape index (κ3) is 4.40. The van der Waals surface area contributed by atoms with Crippen molar-refractivity contribution in [1.82, 2.24) is 4.90 Å². The van der Waals surface area contributed by atoms with E-state index in [1.54, 1.807) is 11.3 Å². The zero-order chi connectivity index (χ0) is 9.97. The third-order valence-electron chi connectivity index (χ3n) is 2.71. The Kier molecular flexibility index (Phi) is 7.98. The highest BCUT2D eigenvalue weighted by molar-refractivity contribution is 7.16. The molecule has 6 heteroatoms. The highest BCUT2D eigenvalue weighted by atomic mass is 35.5. The summed E-state index contributed by atoms with van der Waals surface area (Å²) in [4.78, 5) is 3.81. The van der Waals surface area contributed by atoms with Crippen LogP contribution in [-0.2, 0) is 6.54 Å². The zero-order valence-corrected chi connectivity index (χ0v) is 12.1. The van der Waals surface area contributed by atoms with E-state index in [1.807, 2.05) is 6.07 Å². The fraction of sp³-hybridized carbons (Fsp3) is 0.600. The van der Waals surface area contributed by atoms with E-state index in [1.165, 1.54) is 17.8 Å². The molecule has 0 amide bonds. The van der Waals surface area contributed by atoms with E-state index < -0.39 is 0 Å². The molecule has 2 N–H and O–H groups in total. The topological polar surface area (TPSA) is 29.3 Å². The fourth-order valence-electron chi connectivity index (χ4n) is 1.91. The minimum absolute atomic E-state index is 0. The van der Waals surface area contributed by atoms with Crippen molar-refractivity contribution in [3.8, 4) is 0 Å². The second kappa shape index (κ2) is 7.75. The standard InChI is InChI=1S/C10H15ClN2S.2ClH/c11-10-2-1-9(14-10)7-13-4-3-8(5-12)6-13;;/h1-2,8H,3-7,12H2;2*1H. The Morgan fingerprint density at radius 3 is 2.69 bits per heavy atom. The number of rotatable bonds is 3. The van der Waals surface area contributed by atoms with Gasteiger partial charge in [-0.3, -0.25) is 4.90 Å². The maximum Gasteiger partial charge on any atom is 0.0931 e. The van der Waals surface area contributed by atoms with Gasteiger partial charge in [0.2, 0.25) is 0 Å². The lowest BCUT2D eigenvalue weighted by Gasteiger charge is -2.13. The molecule has 2 rings (SSSR count). The summed E-state index contributed by atoms with van der Waals surface area (Å²) < 4.78 is 0.884. The first-order chi connectivity index (χ1) is 6.78. The van der Waals surface area contributed by atoms with Crippen LogP contribution in [0.1, 0.15) is 11.3 Å². The smallest absolute Gasteiger partial charge is 0.0931 e. The summed E-state index contributed by atoms with van der Waals surface area (Å²) in [5.74, 6) is 0.699. The Morgan fingerprint density at radius 2 is 2.19 bits per heavy atom. The van der Waals surface area contributed by atoms with Gasteiger partial charge in [-0.25, -0.2) is 0 Å². The van der Waals surface area contributed by atoms with Gasteiger partial charge < -0.3 is 5.73 Å². The molecule has 2 heterocycles. The largest absolute Gasteiger partial charge is 0.330 e. The molecule has 1 saturated heterocycles. The van der Waals surface area contributed by atoms with E-state index >= 15 is 0 Å². The summed E-state index contributed by atoms with van der Waals surface area (Å²) in [7, 11) is 0. The Labute approximate surface area is 118 Å². The van der Waals surface area contributed by atoms with Crippen molar-refractivity contribution >= 4 is 47.8 Å². The minimum Gasteiger partial charge on any atom is -0.330 e. The van der Waals surface area contributed by atoms with E-state index in [0.717, 1.165) is 24.0 Å². The molecule has 1 atom stereocenters. The molecule has 2 nitrogen and oxygen atoms in total. The van der Waals surface area contributed by atoms with Crippen LogP contribution in [0, 0.1) is 5.92 Å². The van der Waals surface area contributed by atoms with Gasteiger partial charge in [0.05, 0.1) is 4.34 Å². The van der Waals surface area contributed by atoms with Crippen molar-refractivity contribution in [2.75, 3.05) is 19.6 Å². The van der Waals surface area contributed by atoms with Gasteiger partial charge in [-0.05, 0) is 37.6 Å². The van der Waals surface area contributed by atoms with Crippen LogP contribution in [0.3, 0.4) is 0 Å². The maximum atomic E-state index is 5.88. The molecule has 0 bridgehead atoms. The molecule has 0 spiro atoms. The predicted molar refractivity (Wildman–Crippen MR) is 76.3 cm³/mol. The highest BCUT2D eigenvalue weighted by Gasteiger charge is 2.21. The molecule has 1 fully saturated rings. The molecule has 0 saturated carbocycles. The van der Waals surface area contributed by atoms with Crippen molar-refractivity contribution in [2.24, 2.45) is 11.7 Å². The van der Waals surface area contributed by atoms with Crippen molar-refractivity contribution in [3.63, 3.8) is 0 Å². The highest BCUT2D eigenvalue weighted by Crippen LogP contribution is 2.25. The number of halogens is 3. The quantitative estimate of drug-likeness (QED) is 0.930. The number of hydrogen-bond acceptors (Lipinski definition) is 3. The Hall–Kier alpha value is 0.490. The SMILES string of the molecule is Cl.Cl.NCC1CCN(Cc2ccc(Cl)s2)C1. The summed E-state index contributed by atoms with van der Waals surface area (Å²) >= 11 is 7.56. The van der Waals surface area contributed by atoms with E-state index in [-0.39, 0.29) is 24.8 Å². The lowest BCUT2D eigenvalue weighted by Crippen LogP contribution is -2.22. The monoisotopic (exact) mass is 302 g/mol. The van der Waals surface area contributed by atoms with Gasteiger partial charge in [0.15, 0.2) is 0 Å². The normalized spacial score (nSPS) is 20.2. The van der Waals surface area contributed by atoms with E-state index in [2.05, 4.69) is 11.0 Å². The van der Waals surface area contributed by atoms with Crippen LogP contribution < -0.4 is 5.73 Å². The van der Waals surface area contributed by atoms with Gasteiger partial charge in [-0.15, -0.1) is 36.2 Å². The summed E-state index contributed by atoms with van der Waals surface area (Å²) in [6, 6.07) is 4.08. The van der Waals surface area contributed by atoms with Gasteiger partial charge in [-0.2, -0.15) is 0 Å². The molecule has 1 aromatic rings. The van der Waals surface area contributed by atoms with Gasteiger partial charge in [0.25, 0.3) is 0 Å². The van der Waals surface area contributed by atoms with Crippen LogP contribution in [-0.4, -0.2) is 24.5 Å². The molecule has 16 heavy (non-hydrogen) atoms. The predicted octanol–water partition coefficient (Wildman–Crippen LogP) is 3.03. The van der Waals surface area contributed by atoms with Crippen LogP contribution in [0.5, 0.6) is 0 Å². The van der Waals surface area contributed by atoms with Gasteiger partial charge in [0, 0.05) is 18.0 Å². The molecule has 1 unspecified atom stereocenters. The first-order valence-corrected chi connectivity index (χ1v) is 6.14. The Bertz CT molecular complexity index is 306. The van der Waals surface area contributed by atoms with Gasteiger partial charge >= 0.3 is 0 Å². The molecule has 0 radical (unpaired) electrons. The first-order valence-electron chi connectivity index (χ1n) is 4.94. The maximum absolute atomic E-state index is 5.88. The summed E-state index contributed by atoms with van der Waals surface area (Å²) in [5.41, 5.74) is 5.65. The molecular weight excluding hydrogens is 287 g/mol. The fourth-order valence-corrected chi connectivity index (χ4v) is 3.04. The molecule has 94 valence electrons. The van der Waals surface area contributed by atoms with Gasteiger partial charge in [0.1, 0.15) is 0 Å². The molecular formula is C10H17Cl3N2S. The van der Waals surface area contributed by atoms with E-state index in [4.69, 9.17) is 17.3 Å². The molecule has 0 aromatic carbocycles. The average molecular weight is 304 g/mol. The Morgan fingerprint density at radius 1 is 1.44 bits per heavy atom. The first kappa shape index (κ1) is 16.5. The molecule has 1 aromatic heterocycles. The van der Waals surface area contributed by atoms with Crippen LogP contribution in [0.4, 0.5) is 0 Å². The lowest BCUT2D eigenvalue weighted by atomic mass is 10.1. The minimum atomic E-state index is 0. The number of likely N-dealkylation sites (tertiary alicyclic amines) is 1. The molecule has 1 aliphatic rings. The second-order valence-electron chi connectivity index (χ2n) is 3.83. The number of thiophene rings is 1.